The number of quaternary nitrogens is 1. The van der Waals surface area contributed by atoms with Crippen LogP contribution in [0.5, 0.6) is 0 Å². The Bertz CT molecular complexity index is 383. The van der Waals surface area contributed by atoms with Crippen LogP contribution in [0.15, 0.2) is 0 Å². The molecule has 2 atom stereocenters. The zero-order valence-corrected chi connectivity index (χ0v) is 16.7. The number of ketones is 1. The fraction of sp³-hybridized carbons (Fsp3) is 0.895. The molecule has 0 rings (SSSR count). The van der Waals surface area contributed by atoms with Crippen molar-refractivity contribution in [3.05, 3.63) is 0 Å². The third-order valence-corrected chi connectivity index (χ3v) is 4.71. The van der Waals surface area contributed by atoms with Gasteiger partial charge in [-0.1, -0.05) is 41.0 Å². The minimum absolute atomic E-state index is 0.0130. The monoisotopic (exact) mass is 327 g/mol. The highest BCUT2D eigenvalue weighted by molar-refractivity contribution is 5.87. The number of rotatable bonds is 10. The Hall–Kier alpha value is -0.900. The molecule has 0 fully saturated rings. The molecule has 0 aliphatic carbocycles. The van der Waals surface area contributed by atoms with Crippen molar-refractivity contribution in [2.45, 2.75) is 60.8 Å². The second-order valence-electron chi connectivity index (χ2n) is 8.62. The van der Waals surface area contributed by atoms with Crippen LogP contribution >= 0.6 is 0 Å². The summed E-state index contributed by atoms with van der Waals surface area (Å²) in [4.78, 5) is 24.3. The zero-order chi connectivity index (χ0) is 18.3. The summed E-state index contributed by atoms with van der Waals surface area (Å²) < 4.78 is 0.996. The fourth-order valence-corrected chi connectivity index (χ4v) is 3.13. The number of amides is 1. The molecule has 0 aromatic heterocycles. The molecule has 136 valence electrons. The molecule has 0 aliphatic heterocycles. The Morgan fingerprint density at radius 2 is 1.61 bits per heavy atom. The molecule has 2 unspecified atom stereocenters. The Labute approximate surface area is 143 Å². The first-order valence-corrected chi connectivity index (χ1v) is 9.02. The van der Waals surface area contributed by atoms with Crippen molar-refractivity contribution in [1.82, 2.24) is 5.32 Å². The quantitative estimate of drug-likeness (QED) is 0.494. The van der Waals surface area contributed by atoms with E-state index in [1.54, 1.807) is 6.92 Å². The predicted octanol–water partition coefficient (Wildman–Crippen LogP) is 3.26. The highest BCUT2D eigenvalue weighted by Gasteiger charge is 2.37. The molecule has 1 N–H and O–H groups in total. The normalized spacial score (nSPS) is 15.1. The van der Waals surface area contributed by atoms with Crippen molar-refractivity contribution >= 4 is 11.7 Å². The lowest BCUT2D eigenvalue weighted by Gasteiger charge is -2.33. The Kier molecular flexibility index (Phi) is 9.04. The van der Waals surface area contributed by atoms with Gasteiger partial charge in [-0.2, -0.15) is 0 Å². The predicted molar refractivity (Wildman–Crippen MR) is 97.2 cm³/mol. The summed E-state index contributed by atoms with van der Waals surface area (Å²) in [5.41, 5.74) is -0.217. The van der Waals surface area contributed by atoms with Crippen LogP contribution in [-0.4, -0.2) is 49.9 Å². The molecular weight excluding hydrogens is 288 g/mol. The van der Waals surface area contributed by atoms with Crippen LogP contribution in [-0.2, 0) is 9.59 Å². The third-order valence-electron chi connectivity index (χ3n) is 4.71. The molecule has 0 aromatic carbocycles. The summed E-state index contributed by atoms with van der Waals surface area (Å²) in [5.74, 6) is -0.425. The lowest BCUT2D eigenvalue weighted by Crippen LogP contribution is -2.45. The van der Waals surface area contributed by atoms with E-state index in [0.717, 1.165) is 17.4 Å². The molecule has 0 radical (unpaired) electrons. The second-order valence-corrected chi connectivity index (χ2v) is 8.62. The van der Waals surface area contributed by atoms with Gasteiger partial charge in [0, 0.05) is 18.9 Å². The van der Waals surface area contributed by atoms with Gasteiger partial charge in [-0.25, -0.2) is 0 Å². The first-order chi connectivity index (χ1) is 10.4. The van der Waals surface area contributed by atoms with Crippen molar-refractivity contribution in [1.29, 1.82) is 0 Å². The zero-order valence-electron chi connectivity index (χ0n) is 16.7. The molecule has 0 aliphatic rings. The van der Waals surface area contributed by atoms with Crippen molar-refractivity contribution in [2.24, 2.45) is 17.3 Å². The van der Waals surface area contributed by atoms with E-state index in [-0.39, 0.29) is 28.9 Å². The summed E-state index contributed by atoms with van der Waals surface area (Å²) in [6.45, 7) is 14.7. The standard InChI is InChI=1S/C19H38N2O2/c1-9-10-13-21(7,8)14-11-12-20-18(23)17(19(4,5)6)15(2)16(3)22/h15,17H,9-14H2,1-8H3/p+1. The lowest BCUT2D eigenvalue weighted by atomic mass is 9.72. The molecule has 1 amide bonds. The summed E-state index contributed by atoms with van der Waals surface area (Å²) in [7, 11) is 4.49. The molecule has 0 saturated heterocycles. The Morgan fingerprint density at radius 1 is 1.09 bits per heavy atom. The minimum atomic E-state index is -0.275. The smallest absolute Gasteiger partial charge is 0.224 e. The van der Waals surface area contributed by atoms with E-state index in [1.165, 1.54) is 19.4 Å². The maximum Gasteiger partial charge on any atom is 0.224 e. The maximum atomic E-state index is 12.6. The number of hydrogen-bond donors (Lipinski definition) is 1. The van der Waals surface area contributed by atoms with Crippen LogP contribution in [0.1, 0.15) is 60.8 Å². The van der Waals surface area contributed by atoms with E-state index in [0.29, 0.717) is 6.54 Å². The number of carbonyl (C=O) groups is 2. The number of nitrogens with zero attached hydrogens (tertiary/aromatic N) is 1. The van der Waals surface area contributed by atoms with E-state index in [2.05, 4.69) is 26.3 Å². The molecule has 4 nitrogen and oxygen atoms in total. The van der Waals surface area contributed by atoms with E-state index < -0.39 is 0 Å². The Morgan fingerprint density at radius 3 is 2.04 bits per heavy atom. The Balaban J connectivity index is 4.47. The molecule has 0 aromatic rings. The van der Waals surface area contributed by atoms with Gasteiger partial charge < -0.3 is 9.80 Å². The van der Waals surface area contributed by atoms with Crippen LogP contribution in [0.25, 0.3) is 0 Å². The van der Waals surface area contributed by atoms with Crippen molar-refractivity contribution < 1.29 is 14.1 Å². The lowest BCUT2D eigenvalue weighted by molar-refractivity contribution is -0.890. The molecule has 0 heterocycles. The number of carbonyl (C=O) groups excluding carboxylic acids is 2. The van der Waals surface area contributed by atoms with Gasteiger partial charge in [-0.3, -0.25) is 9.59 Å². The van der Waals surface area contributed by atoms with Gasteiger partial charge in [0.25, 0.3) is 0 Å². The van der Waals surface area contributed by atoms with E-state index in [9.17, 15) is 9.59 Å². The van der Waals surface area contributed by atoms with Crippen LogP contribution in [0.4, 0.5) is 0 Å². The molecule has 0 saturated carbocycles. The van der Waals surface area contributed by atoms with Gasteiger partial charge in [-0.05, 0) is 18.8 Å². The molecule has 4 heteroatoms. The number of unbranched alkanes of at least 4 members (excludes halogenated alkanes) is 1. The molecule has 0 bridgehead atoms. The van der Waals surface area contributed by atoms with E-state index in [1.807, 2.05) is 27.7 Å². The van der Waals surface area contributed by atoms with Gasteiger partial charge >= 0.3 is 0 Å². The van der Waals surface area contributed by atoms with Crippen LogP contribution in [0.2, 0.25) is 0 Å². The fourth-order valence-electron chi connectivity index (χ4n) is 3.13. The van der Waals surface area contributed by atoms with Crippen molar-refractivity contribution in [2.75, 3.05) is 33.7 Å². The third kappa shape index (κ3) is 8.50. The second kappa shape index (κ2) is 9.41. The summed E-state index contributed by atoms with van der Waals surface area (Å²) in [5, 5.41) is 3.05. The van der Waals surface area contributed by atoms with Gasteiger partial charge in [0.05, 0.1) is 33.1 Å². The van der Waals surface area contributed by atoms with E-state index in [4.69, 9.17) is 0 Å². The largest absolute Gasteiger partial charge is 0.356 e. The van der Waals surface area contributed by atoms with Crippen LogP contribution < -0.4 is 5.32 Å². The van der Waals surface area contributed by atoms with Gasteiger partial charge in [-0.15, -0.1) is 0 Å². The average molecular weight is 328 g/mol. The molecule has 23 heavy (non-hydrogen) atoms. The highest BCUT2D eigenvalue weighted by Crippen LogP contribution is 2.32. The average Bonchev–Trinajstić information content (AvgIpc) is 2.40. The topological polar surface area (TPSA) is 46.2 Å². The van der Waals surface area contributed by atoms with Gasteiger partial charge in [0.15, 0.2) is 0 Å². The SMILES string of the molecule is CCCC[N+](C)(C)CCCNC(=O)C(C(C)C(C)=O)C(C)(C)C. The van der Waals surface area contributed by atoms with Gasteiger partial charge in [0.1, 0.15) is 5.78 Å². The van der Waals surface area contributed by atoms with E-state index >= 15 is 0 Å². The molecule has 0 spiro atoms. The van der Waals surface area contributed by atoms with Crippen molar-refractivity contribution in [3.63, 3.8) is 0 Å². The maximum absolute atomic E-state index is 12.6. The van der Waals surface area contributed by atoms with Crippen LogP contribution in [0.3, 0.4) is 0 Å². The summed E-state index contributed by atoms with van der Waals surface area (Å²) in [6, 6.07) is 0. The first kappa shape index (κ1) is 22.1. The molecular formula is C19H39N2O2+. The highest BCUT2D eigenvalue weighted by atomic mass is 16.2. The number of Topliss-reactive ketones (excluding diaryl/α,β-unsaturated/α-hetero) is 1. The number of nitrogens with one attached hydrogen (secondary N) is 1. The number of hydrogen-bond acceptors (Lipinski definition) is 2. The van der Waals surface area contributed by atoms with Crippen LogP contribution in [0, 0.1) is 17.3 Å². The summed E-state index contributed by atoms with van der Waals surface area (Å²) in [6.07, 6.45) is 3.42. The first-order valence-electron chi connectivity index (χ1n) is 9.02. The van der Waals surface area contributed by atoms with Gasteiger partial charge in [0.2, 0.25) is 5.91 Å². The minimum Gasteiger partial charge on any atom is -0.356 e. The van der Waals surface area contributed by atoms with Crippen molar-refractivity contribution in [3.8, 4) is 0 Å². The summed E-state index contributed by atoms with van der Waals surface area (Å²) >= 11 is 0.